The number of nitrogens with zero attached hydrogens (tertiary/aromatic N) is 2. The van der Waals surface area contributed by atoms with Crippen molar-refractivity contribution in [1.29, 1.82) is 0 Å². The van der Waals surface area contributed by atoms with E-state index in [9.17, 15) is 10.1 Å². The third kappa shape index (κ3) is 2.16. The zero-order valence-corrected chi connectivity index (χ0v) is 10.0. The van der Waals surface area contributed by atoms with Crippen molar-refractivity contribution in [1.82, 2.24) is 4.98 Å². The van der Waals surface area contributed by atoms with E-state index in [1.807, 2.05) is 0 Å². The molecule has 0 bridgehead atoms. The van der Waals surface area contributed by atoms with Crippen LogP contribution in [0.4, 0.5) is 5.69 Å². The summed E-state index contributed by atoms with van der Waals surface area (Å²) in [4.78, 5) is 14.8. The largest absolute Gasteiger partial charge is 0.274 e. The van der Waals surface area contributed by atoms with Gasteiger partial charge in [0.05, 0.1) is 26.6 Å². The summed E-state index contributed by atoms with van der Waals surface area (Å²) in [5.74, 6) is 0. The van der Waals surface area contributed by atoms with E-state index in [2.05, 4.69) is 4.98 Å². The molecule has 4 nitrogen and oxygen atoms in total. The standard InChI is InChI=1S/C9H4Cl2N2O2S/c10-6-1-2-16-9(6)7-3-5(13(14)15)4-8(11)12-7/h1-4H. The Bertz CT molecular complexity index is 556. The second-order valence-corrected chi connectivity index (χ2v) is 4.60. The molecule has 0 spiro atoms. The molecule has 0 amide bonds. The van der Waals surface area contributed by atoms with Crippen LogP contribution in [-0.2, 0) is 0 Å². The van der Waals surface area contributed by atoms with Gasteiger partial charge in [0.25, 0.3) is 5.69 Å². The fourth-order valence-electron chi connectivity index (χ4n) is 1.18. The number of nitro groups is 1. The van der Waals surface area contributed by atoms with Gasteiger partial charge in [-0.05, 0) is 11.4 Å². The van der Waals surface area contributed by atoms with Gasteiger partial charge in [-0.25, -0.2) is 4.98 Å². The lowest BCUT2D eigenvalue weighted by Gasteiger charge is -1.99. The Kier molecular flexibility index (Phi) is 3.09. The van der Waals surface area contributed by atoms with Gasteiger partial charge in [-0.3, -0.25) is 10.1 Å². The topological polar surface area (TPSA) is 56.0 Å². The van der Waals surface area contributed by atoms with Crippen molar-refractivity contribution in [3.8, 4) is 10.6 Å². The maximum atomic E-state index is 10.6. The van der Waals surface area contributed by atoms with E-state index in [4.69, 9.17) is 23.2 Å². The zero-order valence-electron chi connectivity index (χ0n) is 7.68. The molecule has 2 heterocycles. The average Bonchev–Trinajstić information content (AvgIpc) is 2.63. The Balaban J connectivity index is 2.58. The number of hydrogen-bond acceptors (Lipinski definition) is 4. The minimum Gasteiger partial charge on any atom is -0.258 e. The predicted molar refractivity (Wildman–Crippen MR) is 64.2 cm³/mol. The number of halogens is 2. The van der Waals surface area contributed by atoms with Crippen LogP contribution in [0, 0.1) is 10.1 Å². The molecule has 7 heteroatoms. The molecule has 0 aromatic carbocycles. The highest BCUT2D eigenvalue weighted by molar-refractivity contribution is 7.14. The molecule has 2 rings (SSSR count). The lowest BCUT2D eigenvalue weighted by molar-refractivity contribution is -0.384. The summed E-state index contributed by atoms with van der Waals surface area (Å²) in [6.45, 7) is 0. The number of pyridine rings is 1. The minimum absolute atomic E-state index is 0.0775. The summed E-state index contributed by atoms with van der Waals surface area (Å²) in [5, 5.41) is 13.0. The van der Waals surface area contributed by atoms with Crippen LogP contribution in [-0.4, -0.2) is 9.91 Å². The molecule has 0 aliphatic rings. The molecular formula is C9H4Cl2N2O2S. The molecule has 0 aliphatic carbocycles. The molecule has 2 aromatic heterocycles. The Morgan fingerprint density at radius 3 is 2.69 bits per heavy atom. The van der Waals surface area contributed by atoms with Gasteiger partial charge in [-0.2, -0.15) is 0 Å². The van der Waals surface area contributed by atoms with Gasteiger partial charge in [0, 0.05) is 6.07 Å². The number of rotatable bonds is 2. The molecule has 0 radical (unpaired) electrons. The molecule has 0 N–H and O–H groups in total. The molecule has 0 unspecified atom stereocenters. The minimum atomic E-state index is -0.515. The summed E-state index contributed by atoms with van der Waals surface area (Å²) in [6, 6.07) is 4.26. The molecule has 0 saturated heterocycles. The van der Waals surface area contributed by atoms with Gasteiger partial charge in [0.1, 0.15) is 5.15 Å². The van der Waals surface area contributed by atoms with Crippen LogP contribution < -0.4 is 0 Å². The lowest BCUT2D eigenvalue weighted by atomic mass is 10.3. The molecule has 82 valence electrons. The molecular weight excluding hydrogens is 271 g/mol. The first-order valence-electron chi connectivity index (χ1n) is 4.13. The monoisotopic (exact) mass is 274 g/mol. The SMILES string of the molecule is O=[N+]([O-])c1cc(Cl)nc(-c2sccc2Cl)c1. The van der Waals surface area contributed by atoms with Crippen molar-refractivity contribution in [3.63, 3.8) is 0 Å². The molecule has 0 saturated carbocycles. The van der Waals surface area contributed by atoms with Crippen LogP contribution >= 0.6 is 34.5 Å². The van der Waals surface area contributed by atoms with E-state index in [0.717, 1.165) is 0 Å². The quantitative estimate of drug-likeness (QED) is 0.472. The zero-order chi connectivity index (χ0) is 11.7. The molecule has 16 heavy (non-hydrogen) atoms. The second kappa shape index (κ2) is 4.37. The first kappa shape index (κ1) is 11.3. The number of aromatic nitrogens is 1. The molecule has 2 aromatic rings. The van der Waals surface area contributed by atoms with Gasteiger partial charge in [0.15, 0.2) is 0 Å². The summed E-state index contributed by atoms with van der Waals surface area (Å²) < 4.78 is 0. The van der Waals surface area contributed by atoms with Crippen molar-refractivity contribution in [2.75, 3.05) is 0 Å². The van der Waals surface area contributed by atoms with E-state index in [0.29, 0.717) is 15.6 Å². The van der Waals surface area contributed by atoms with Crippen LogP contribution in [0.25, 0.3) is 10.6 Å². The van der Waals surface area contributed by atoms with Crippen LogP contribution in [0.1, 0.15) is 0 Å². The molecule has 0 aliphatic heterocycles. The van der Waals surface area contributed by atoms with Crippen LogP contribution in [0.15, 0.2) is 23.6 Å². The third-order valence-electron chi connectivity index (χ3n) is 1.84. The Morgan fingerprint density at radius 2 is 2.12 bits per heavy atom. The smallest absolute Gasteiger partial charge is 0.258 e. The third-order valence-corrected chi connectivity index (χ3v) is 3.40. The van der Waals surface area contributed by atoms with Crippen molar-refractivity contribution >= 4 is 40.2 Å². The van der Waals surface area contributed by atoms with Crippen molar-refractivity contribution in [2.45, 2.75) is 0 Å². The maximum absolute atomic E-state index is 10.6. The summed E-state index contributed by atoms with van der Waals surface area (Å²) in [7, 11) is 0. The first-order chi connectivity index (χ1) is 7.58. The van der Waals surface area contributed by atoms with Gasteiger partial charge in [0.2, 0.25) is 0 Å². The van der Waals surface area contributed by atoms with E-state index in [-0.39, 0.29) is 10.8 Å². The fourth-order valence-corrected chi connectivity index (χ4v) is 2.50. The van der Waals surface area contributed by atoms with Crippen molar-refractivity contribution < 1.29 is 4.92 Å². The van der Waals surface area contributed by atoms with Gasteiger partial charge in [-0.1, -0.05) is 23.2 Å². The highest BCUT2D eigenvalue weighted by Gasteiger charge is 2.14. The van der Waals surface area contributed by atoms with Crippen molar-refractivity contribution in [3.05, 3.63) is 43.9 Å². The van der Waals surface area contributed by atoms with Crippen LogP contribution in [0.2, 0.25) is 10.2 Å². The summed E-state index contributed by atoms with van der Waals surface area (Å²) in [6.07, 6.45) is 0. The second-order valence-electron chi connectivity index (χ2n) is 2.89. The summed E-state index contributed by atoms with van der Waals surface area (Å²) in [5.41, 5.74) is 0.318. The van der Waals surface area contributed by atoms with E-state index >= 15 is 0 Å². The average molecular weight is 275 g/mol. The summed E-state index contributed by atoms with van der Waals surface area (Å²) >= 11 is 13.0. The van der Waals surface area contributed by atoms with Gasteiger partial charge >= 0.3 is 0 Å². The lowest BCUT2D eigenvalue weighted by Crippen LogP contribution is -1.91. The Labute approximate surface area is 105 Å². The highest BCUT2D eigenvalue weighted by Crippen LogP contribution is 2.34. The fraction of sp³-hybridized carbons (Fsp3) is 0. The molecule has 0 fully saturated rings. The van der Waals surface area contributed by atoms with E-state index in [1.165, 1.54) is 23.5 Å². The van der Waals surface area contributed by atoms with Gasteiger partial charge < -0.3 is 0 Å². The van der Waals surface area contributed by atoms with Gasteiger partial charge in [-0.15, -0.1) is 11.3 Å². The maximum Gasteiger partial charge on any atom is 0.274 e. The van der Waals surface area contributed by atoms with Crippen molar-refractivity contribution in [2.24, 2.45) is 0 Å². The Hall–Kier alpha value is -1.17. The highest BCUT2D eigenvalue weighted by atomic mass is 35.5. The normalized spacial score (nSPS) is 10.4. The number of thiophene rings is 1. The molecule has 0 atom stereocenters. The predicted octanol–water partition coefficient (Wildman–Crippen LogP) is 4.03. The number of hydrogen-bond donors (Lipinski definition) is 0. The van der Waals surface area contributed by atoms with Crippen LogP contribution in [0.5, 0.6) is 0 Å². The van der Waals surface area contributed by atoms with E-state index < -0.39 is 4.92 Å². The van der Waals surface area contributed by atoms with Crippen LogP contribution in [0.3, 0.4) is 0 Å². The Morgan fingerprint density at radius 1 is 1.38 bits per heavy atom. The first-order valence-corrected chi connectivity index (χ1v) is 5.77. The van der Waals surface area contributed by atoms with E-state index in [1.54, 1.807) is 11.4 Å².